The minimum Gasteiger partial charge on any atom is -0.411 e. The van der Waals surface area contributed by atoms with Crippen LogP contribution in [0.4, 0.5) is 5.69 Å². The van der Waals surface area contributed by atoms with Crippen molar-refractivity contribution < 1.29 is 5.21 Å². The third-order valence-corrected chi connectivity index (χ3v) is 4.32. The first kappa shape index (κ1) is 14.4. The summed E-state index contributed by atoms with van der Waals surface area (Å²) >= 11 is 0. The van der Waals surface area contributed by atoms with Crippen LogP contribution in [0.3, 0.4) is 0 Å². The molecule has 2 aromatic carbocycles. The molecule has 0 fully saturated rings. The molecular formula is C19H20N2O. The van der Waals surface area contributed by atoms with E-state index in [-0.39, 0.29) is 5.92 Å². The van der Waals surface area contributed by atoms with Crippen LogP contribution >= 0.6 is 0 Å². The highest BCUT2D eigenvalue weighted by Crippen LogP contribution is 2.38. The molecule has 3 nitrogen and oxygen atoms in total. The molecule has 1 unspecified atom stereocenters. The maximum atomic E-state index is 9.07. The van der Waals surface area contributed by atoms with Crippen molar-refractivity contribution >= 4 is 18.0 Å². The van der Waals surface area contributed by atoms with Gasteiger partial charge in [-0.25, -0.2) is 0 Å². The van der Waals surface area contributed by atoms with Crippen LogP contribution in [0.15, 0.2) is 47.6 Å². The third kappa shape index (κ3) is 2.29. The average molecular weight is 292 g/mol. The molecule has 2 aromatic rings. The highest BCUT2D eigenvalue weighted by atomic mass is 16.4. The van der Waals surface area contributed by atoms with Gasteiger partial charge >= 0.3 is 0 Å². The zero-order valence-corrected chi connectivity index (χ0v) is 13.1. The zero-order chi connectivity index (χ0) is 15.7. The van der Waals surface area contributed by atoms with E-state index in [0.717, 1.165) is 16.8 Å². The number of hydrogen-bond acceptors (Lipinski definition) is 3. The van der Waals surface area contributed by atoms with Gasteiger partial charge in [-0.2, -0.15) is 0 Å². The summed E-state index contributed by atoms with van der Waals surface area (Å²) < 4.78 is 0. The van der Waals surface area contributed by atoms with E-state index in [1.165, 1.54) is 16.7 Å². The summed E-state index contributed by atoms with van der Waals surface area (Å²) in [7, 11) is 4.04. The van der Waals surface area contributed by atoms with Gasteiger partial charge in [-0.3, -0.25) is 0 Å². The van der Waals surface area contributed by atoms with Gasteiger partial charge in [0.15, 0.2) is 0 Å². The highest BCUT2D eigenvalue weighted by molar-refractivity contribution is 5.87. The molecule has 22 heavy (non-hydrogen) atoms. The molecule has 1 aliphatic rings. The van der Waals surface area contributed by atoms with Crippen molar-refractivity contribution in [2.75, 3.05) is 19.0 Å². The monoisotopic (exact) mass is 292 g/mol. The second kappa shape index (κ2) is 5.68. The second-order valence-corrected chi connectivity index (χ2v) is 5.82. The Bertz CT molecular complexity index is 760. The summed E-state index contributed by atoms with van der Waals surface area (Å²) in [6.07, 6.45) is 5.92. The van der Waals surface area contributed by atoms with Crippen molar-refractivity contribution in [1.82, 2.24) is 0 Å². The molecule has 0 amide bonds. The Kier molecular flexibility index (Phi) is 3.72. The van der Waals surface area contributed by atoms with Gasteiger partial charge in [-0.1, -0.05) is 47.6 Å². The number of hydrogen-bond donors (Lipinski definition) is 1. The average Bonchev–Trinajstić information content (AvgIpc) is 2.93. The lowest BCUT2D eigenvalue weighted by Crippen LogP contribution is -2.13. The number of allylic oxidation sites excluding steroid dienone is 1. The van der Waals surface area contributed by atoms with Crippen molar-refractivity contribution in [2.24, 2.45) is 5.16 Å². The molecule has 0 bridgehead atoms. The fraction of sp³-hybridized carbons (Fsp3) is 0.211. The molecule has 0 saturated carbocycles. The second-order valence-electron chi connectivity index (χ2n) is 5.82. The van der Waals surface area contributed by atoms with Crippen molar-refractivity contribution in [3.63, 3.8) is 0 Å². The summed E-state index contributed by atoms with van der Waals surface area (Å²) in [6, 6.07) is 12.7. The normalized spacial score (nSPS) is 16.2. The van der Waals surface area contributed by atoms with Gasteiger partial charge in [-0.15, -0.1) is 0 Å². The predicted molar refractivity (Wildman–Crippen MR) is 92.2 cm³/mol. The standard InChI is InChI=1S/C19H20N2O/c1-13-18(12-20-22)17(10-11-19(13)21(2)3)16-9-8-14-6-4-5-7-15(14)16/h4-12,16,22H,1-3H3. The van der Waals surface area contributed by atoms with E-state index in [9.17, 15) is 0 Å². The molecule has 0 spiro atoms. The van der Waals surface area contributed by atoms with Crippen LogP contribution in [-0.2, 0) is 0 Å². The summed E-state index contributed by atoms with van der Waals surface area (Å²) in [6.45, 7) is 2.07. The molecule has 0 aromatic heterocycles. The number of rotatable bonds is 3. The van der Waals surface area contributed by atoms with Gasteiger partial charge < -0.3 is 10.1 Å². The Morgan fingerprint density at radius 3 is 2.59 bits per heavy atom. The number of benzene rings is 2. The summed E-state index contributed by atoms with van der Waals surface area (Å²) in [4.78, 5) is 2.08. The lowest BCUT2D eigenvalue weighted by molar-refractivity contribution is 0.322. The molecule has 1 aliphatic carbocycles. The first-order valence-corrected chi connectivity index (χ1v) is 7.39. The molecule has 0 heterocycles. The van der Waals surface area contributed by atoms with Gasteiger partial charge in [0.25, 0.3) is 0 Å². The summed E-state index contributed by atoms with van der Waals surface area (Å²) in [5.41, 5.74) is 6.97. The fourth-order valence-electron chi connectivity index (χ4n) is 3.24. The number of oxime groups is 1. The van der Waals surface area contributed by atoms with Crippen LogP contribution in [0.1, 0.15) is 33.7 Å². The van der Waals surface area contributed by atoms with Crippen LogP contribution in [0, 0.1) is 6.92 Å². The molecule has 3 rings (SSSR count). The minimum atomic E-state index is 0.208. The van der Waals surface area contributed by atoms with Crippen LogP contribution in [-0.4, -0.2) is 25.5 Å². The Morgan fingerprint density at radius 2 is 1.86 bits per heavy atom. The van der Waals surface area contributed by atoms with Crippen LogP contribution in [0.25, 0.3) is 6.08 Å². The van der Waals surface area contributed by atoms with Gasteiger partial charge in [0.05, 0.1) is 6.21 Å². The Labute approximate surface area is 131 Å². The maximum absolute atomic E-state index is 9.07. The van der Waals surface area contributed by atoms with Crippen LogP contribution in [0.5, 0.6) is 0 Å². The van der Waals surface area contributed by atoms with E-state index in [1.54, 1.807) is 6.21 Å². The number of nitrogens with zero attached hydrogens (tertiary/aromatic N) is 2. The fourth-order valence-corrected chi connectivity index (χ4v) is 3.24. The molecule has 0 saturated heterocycles. The highest BCUT2D eigenvalue weighted by Gasteiger charge is 2.22. The first-order chi connectivity index (χ1) is 10.6. The van der Waals surface area contributed by atoms with E-state index < -0.39 is 0 Å². The third-order valence-electron chi connectivity index (χ3n) is 4.32. The van der Waals surface area contributed by atoms with Gasteiger partial charge in [0, 0.05) is 31.3 Å². The SMILES string of the molecule is Cc1c(N(C)C)ccc(C2C=Cc3ccccc32)c1C=NO. The smallest absolute Gasteiger partial charge is 0.0740 e. The van der Waals surface area contributed by atoms with E-state index >= 15 is 0 Å². The molecule has 1 N–H and O–H groups in total. The minimum absolute atomic E-state index is 0.208. The predicted octanol–water partition coefficient (Wildman–Crippen LogP) is 4.03. The van der Waals surface area contributed by atoms with E-state index in [0.29, 0.717) is 0 Å². The number of fused-ring (bicyclic) bond motifs is 1. The van der Waals surface area contributed by atoms with Crippen molar-refractivity contribution in [1.29, 1.82) is 0 Å². The maximum Gasteiger partial charge on any atom is 0.0740 e. The van der Waals surface area contributed by atoms with E-state index in [2.05, 4.69) is 65.5 Å². The van der Waals surface area contributed by atoms with Crippen molar-refractivity contribution in [2.45, 2.75) is 12.8 Å². The topological polar surface area (TPSA) is 35.8 Å². The van der Waals surface area contributed by atoms with Gasteiger partial charge in [0.2, 0.25) is 0 Å². The quantitative estimate of drug-likeness (QED) is 0.527. The lowest BCUT2D eigenvalue weighted by Gasteiger charge is -2.22. The molecular weight excluding hydrogens is 272 g/mol. The van der Waals surface area contributed by atoms with Crippen LogP contribution < -0.4 is 4.90 Å². The Balaban J connectivity index is 2.16. The van der Waals surface area contributed by atoms with E-state index in [1.807, 2.05) is 14.1 Å². The van der Waals surface area contributed by atoms with Crippen LogP contribution in [0.2, 0.25) is 0 Å². The largest absolute Gasteiger partial charge is 0.411 e. The van der Waals surface area contributed by atoms with Gasteiger partial charge in [-0.05, 0) is 35.2 Å². The molecule has 112 valence electrons. The zero-order valence-electron chi connectivity index (χ0n) is 13.1. The lowest BCUT2D eigenvalue weighted by atomic mass is 9.87. The molecule has 0 radical (unpaired) electrons. The van der Waals surface area contributed by atoms with Crippen molar-refractivity contribution in [3.8, 4) is 0 Å². The first-order valence-electron chi connectivity index (χ1n) is 7.39. The van der Waals surface area contributed by atoms with Crippen molar-refractivity contribution in [3.05, 3.63) is 70.3 Å². The molecule has 1 atom stereocenters. The van der Waals surface area contributed by atoms with E-state index in [4.69, 9.17) is 5.21 Å². The van der Waals surface area contributed by atoms with Gasteiger partial charge in [0.1, 0.15) is 0 Å². The molecule has 0 aliphatic heterocycles. The Hall–Kier alpha value is -2.55. The molecule has 3 heteroatoms. The summed E-state index contributed by atoms with van der Waals surface area (Å²) in [5, 5.41) is 12.4. The Morgan fingerprint density at radius 1 is 1.09 bits per heavy atom. The number of anilines is 1. The summed E-state index contributed by atoms with van der Waals surface area (Å²) in [5.74, 6) is 0.208.